The molecule has 266 valence electrons. The number of hydrogen-bond donors (Lipinski definition) is 4. The Balaban J connectivity index is 1.86. The minimum Gasteiger partial charge on any atom is -0.469 e. The van der Waals surface area contributed by atoms with Gasteiger partial charge in [0.25, 0.3) is 0 Å². The number of nitrogens with one attached hydrogen (secondary N) is 2. The number of methoxy groups -OCH3 is 1. The fourth-order valence-electron chi connectivity index (χ4n) is 5.39. The number of nitrogens with two attached hydrogens (primary N) is 1. The summed E-state index contributed by atoms with van der Waals surface area (Å²) in [6.07, 6.45) is 3.97. The number of nitrogens with zero attached hydrogens (tertiary/aromatic N) is 2. The third-order valence-electron chi connectivity index (χ3n) is 7.82. The van der Waals surface area contributed by atoms with Gasteiger partial charge in [-0.15, -0.1) is 0 Å². The molecule has 0 spiro atoms. The lowest BCUT2D eigenvalue weighted by Crippen LogP contribution is -2.47. The van der Waals surface area contributed by atoms with Gasteiger partial charge >= 0.3 is 5.97 Å². The average molecular weight is 726 g/mol. The van der Waals surface area contributed by atoms with Gasteiger partial charge in [-0.2, -0.15) is 0 Å². The van der Waals surface area contributed by atoms with E-state index in [4.69, 9.17) is 5.73 Å². The van der Waals surface area contributed by atoms with Crippen LogP contribution in [0.5, 0.6) is 0 Å². The van der Waals surface area contributed by atoms with Gasteiger partial charge in [0, 0.05) is 48.5 Å². The van der Waals surface area contributed by atoms with Gasteiger partial charge in [0.05, 0.1) is 30.9 Å². The number of aromatic nitrogens is 1. The molecule has 0 aliphatic heterocycles. The Labute approximate surface area is 302 Å². The number of benzene rings is 2. The van der Waals surface area contributed by atoms with Crippen molar-refractivity contribution in [3.05, 3.63) is 96.1 Å². The summed E-state index contributed by atoms with van der Waals surface area (Å²) >= 11 is 2.31. The third-order valence-corrected chi connectivity index (χ3v) is 9.52. The molecule has 0 fully saturated rings. The molecule has 3 amide bonds. The highest BCUT2D eigenvalue weighted by Gasteiger charge is 2.37. The zero-order chi connectivity index (χ0) is 37.0. The predicted octanol–water partition coefficient (Wildman–Crippen LogP) is 3.56. The largest absolute Gasteiger partial charge is 0.469 e. The first-order valence-electron chi connectivity index (χ1n) is 15.7. The average Bonchev–Trinajstić information content (AvgIpc) is 3.49. The number of hydrogen-bond acceptors (Lipinski definition) is 8. The second-order valence-corrected chi connectivity index (χ2v) is 14.2. The quantitative estimate of drug-likeness (QED) is 0.129. The van der Waals surface area contributed by atoms with E-state index in [1.807, 2.05) is 55.7 Å². The van der Waals surface area contributed by atoms with Crippen LogP contribution in [0.3, 0.4) is 0 Å². The van der Waals surface area contributed by atoms with Gasteiger partial charge in [-0.05, 0) is 41.7 Å². The van der Waals surface area contributed by atoms with Crippen molar-refractivity contribution in [2.45, 2.75) is 57.5 Å². The van der Waals surface area contributed by atoms with E-state index in [0.717, 1.165) is 33.9 Å². The predicted molar refractivity (Wildman–Crippen MR) is 188 cm³/mol. The van der Waals surface area contributed by atoms with Crippen molar-refractivity contribution in [2.24, 2.45) is 11.1 Å². The maximum absolute atomic E-state index is 15.0. The van der Waals surface area contributed by atoms with Crippen LogP contribution >= 0.6 is 10.1 Å². The van der Waals surface area contributed by atoms with E-state index in [1.54, 1.807) is 12.3 Å². The van der Waals surface area contributed by atoms with Gasteiger partial charge in [0.15, 0.2) is 0 Å². The summed E-state index contributed by atoms with van der Waals surface area (Å²) in [6.45, 7) is 5.24. The second kappa shape index (κ2) is 18.8. The van der Waals surface area contributed by atoms with Gasteiger partial charge in [0.2, 0.25) is 32.9 Å². The molecule has 5 N–H and O–H groups in total. The van der Waals surface area contributed by atoms with E-state index < -0.39 is 64.7 Å². The number of rotatable bonds is 16. The Hall–Kier alpha value is -4.00. The smallest absolute Gasteiger partial charge is 0.307 e. The van der Waals surface area contributed by atoms with Crippen LogP contribution in [0.2, 0.25) is 0 Å². The summed E-state index contributed by atoms with van der Waals surface area (Å²) in [4.78, 5) is 51.5. The molecule has 11 nitrogen and oxygen atoms in total. The summed E-state index contributed by atoms with van der Waals surface area (Å²) in [7, 11) is 2.31. The number of esters is 1. The fraction of sp³-hybridized carbons (Fsp3) is 0.371. The van der Waals surface area contributed by atoms with Crippen molar-refractivity contribution >= 4 is 49.0 Å². The Morgan fingerprint density at radius 2 is 1.72 bits per heavy atom. The zero-order valence-corrected chi connectivity index (χ0v) is 30.4. The van der Waals surface area contributed by atoms with E-state index in [-0.39, 0.29) is 24.9 Å². The number of ether oxygens (including phenoxy) is 1. The van der Waals surface area contributed by atoms with Crippen LogP contribution in [0, 0.1) is 17.0 Å². The maximum atomic E-state index is 15.0. The number of amides is 3. The monoisotopic (exact) mass is 725 g/mol. The number of aliphatic hydroxyl groups excluding tert-OH is 1. The van der Waals surface area contributed by atoms with Crippen molar-refractivity contribution in [3.8, 4) is 11.1 Å². The Bertz CT molecular complexity index is 1670. The van der Waals surface area contributed by atoms with Crippen molar-refractivity contribution < 1.29 is 37.8 Å². The highest BCUT2D eigenvalue weighted by atomic mass is 32.3. The highest BCUT2D eigenvalue weighted by Crippen LogP contribution is 2.41. The minimum atomic E-state index is -1.09. The third kappa shape index (κ3) is 11.3. The van der Waals surface area contributed by atoms with Crippen molar-refractivity contribution in [3.63, 3.8) is 0 Å². The molecule has 1 aromatic heterocycles. The van der Waals surface area contributed by atoms with Crippen LogP contribution in [-0.2, 0) is 30.5 Å². The number of carbonyl (C=O) groups is 4. The molecule has 1 unspecified atom stereocenters. The summed E-state index contributed by atoms with van der Waals surface area (Å²) in [5, 5.41) is 14.3. The molecular weight excluding hydrogens is 683 g/mol. The zero-order valence-electron chi connectivity index (χ0n) is 28.4. The van der Waals surface area contributed by atoms with Gasteiger partial charge in [-0.3, -0.25) is 29.3 Å². The molecule has 3 aromatic rings. The Morgan fingerprint density at radius 1 is 1.06 bits per heavy atom. The van der Waals surface area contributed by atoms with E-state index >= 15 is 0 Å². The normalized spacial score (nSPS) is 13.4. The van der Waals surface area contributed by atoms with Crippen molar-refractivity contribution in [1.82, 2.24) is 20.1 Å². The van der Waals surface area contributed by atoms with Crippen molar-refractivity contribution in [2.75, 3.05) is 20.3 Å². The molecule has 2 radical (unpaired) electrons. The highest BCUT2D eigenvalue weighted by molar-refractivity contribution is 8.20. The summed E-state index contributed by atoms with van der Waals surface area (Å²) in [6, 6.07) is 12.6. The van der Waals surface area contributed by atoms with Crippen molar-refractivity contribution in [1.29, 1.82) is 0 Å². The maximum Gasteiger partial charge on any atom is 0.307 e. The van der Waals surface area contributed by atoms with Gasteiger partial charge < -0.3 is 35.7 Å². The summed E-state index contributed by atoms with van der Waals surface area (Å²) < 4.78 is 35.7. The van der Waals surface area contributed by atoms with E-state index in [2.05, 4.69) is 30.5 Å². The standard InChI is InChI=1S/C35H43F2N5O6S.Al/c1-35(2,3)32(28-16-23(25-17-24(36)10-11-26(25)37)20-41(28)19-22-8-6-5-7-9-22)42(30(44)21-43)15-12-27(38)33(46)39-13-14-40-34(47)29(49)18-31(45)48-4;/h5-11,13-14,16-17,20,27,29,32,43,49H,12,15,18-19,21,38H2,1-4H3,(H,39,46)(H,40,47);/q;+1/p-1/b14-13+;/t27-,29?,32-;/m0./s1. The molecule has 1 heterocycles. The summed E-state index contributed by atoms with van der Waals surface area (Å²) in [5.41, 5.74) is 7.55. The van der Waals surface area contributed by atoms with Crippen LogP contribution in [0.1, 0.15) is 50.9 Å². The second-order valence-electron chi connectivity index (χ2n) is 12.6. The fourth-order valence-corrected chi connectivity index (χ4v) is 6.48. The van der Waals surface area contributed by atoms with Crippen LogP contribution in [-0.4, -0.2) is 85.0 Å². The Morgan fingerprint density at radius 3 is 2.32 bits per heavy atom. The molecule has 3 rings (SSSR count). The molecule has 0 aliphatic carbocycles. The van der Waals surface area contributed by atoms with Gasteiger partial charge in [0.1, 0.15) is 18.2 Å². The lowest BCUT2D eigenvalue weighted by Gasteiger charge is -2.41. The number of carbonyl (C=O) groups excluding carboxylic acids is 4. The summed E-state index contributed by atoms with van der Waals surface area (Å²) in [5.74, 6) is -3.44. The first-order valence-corrected chi connectivity index (χ1v) is 18.1. The van der Waals surface area contributed by atoms with Gasteiger partial charge in [-0.1, -0.05) is 51.1 Å². The molecule has 0 saturated carbocycles. The van der Waals surface area contributed by atoms with Crippen LogP contribution in [0.4, 0.5) is 8.78 Å². The lowest BCUT2D eigenvalue weighted by atomic mass is 9.82. The first kappa shape index (κ1) is 40.4. The molecule has 0 aliphatic rings. The number of aliphatic hydroxyl groups is 1. The molecule has 3 atom stereocenters. The topological polar surface area (TPSA) is 156 Å². The van der Waals surface area contributed by atoms with Crippen LogP contribution in [0.15, 0.2) is 73.2 Å². The molecule has 0 saturated heterocycles. The molecular formula is C35H42AlF2N5O6S. The van der Waals surface area contributed by atoms with Crippen LogP contribution in [0.25, 0.3) is 11.1 Å². The molecule has 15 heteroatoms. The molecule has 50 heavy (non-hydrogen) atoms. The lowest BCUT2D eigenvalue weighted by molar-refractivity contribution is -0.141. The Kier molecular flexibility index (Phi) is 15.2. The van der Waals surface area contributed by atoms with E-state index in [0.29, 0.717) is 17.8 Å². The SMILES string of the molecule is COC(=O)CC([S][Al])C(=O)N/C=C/NC(=O)[C@@H](N)CCN(C(=O)CO)[C@@H](c1cc(-c2cc(F)ccc2F)cn1Cc1ccccc1)C(C)(C)C. The van der Waals surface area contributed by atoms with E-state index in [9.17, 15) is 33.1 Å². The minimum absolute atomic E-state index is 0.0000291. The first-order chi connectivity index (χ1) is 23.7. The number of halogens is 2. The van der Waals surface area contributed by atoms with E-state index in [1.165, 1.54) is 24.4 Å². The van der Waals surface area contributed by atoms with Crippen LogP contribution < -0.4 is 16.4 Å². The molecule has 0 bridgehead atoms. The molecule has 2 aromatic carbocycles. The van der Waals surface area contributed by atoms with Gasteiger partial charge in [-0.25, -0.2) is 8.78 Å².